The summed E-state index contributed by atoms with van der Waals surface area (Å²) in [5.41, 5.74) is 12.2. The van der Waals surface area contributed by atoms with E-state index >= 15 is 0 Å². The van der Waals surface area contributed by atoms with Crippen molar-refractivity contribution in [3.8, 4) is 90.3 Å². The van der Waals surface area contributed by atoms with Crippen molar-refractivity contribution in [1.29, 1.82) is 0 Å². The Morgan fingerprint density at radius 2 is 0.500 bits per heavy atom. The molecule has 0 saturated carbocycles. The predicted octanol–water partition coefficient (Wildman–Crippen LogP) is 16.6. The number of benzene rings is 11. The first-order valence-corrected chi connectivity index (χ1v) is 23.6. The van der Waals surface area contributed by atoms with Crippen molar-refractivity contribution in [1.82, 2.24) is 24.9 Å². The van der Waals surface area contributed by atoms with Crippen molar-refractivity contribution in [3.63, 3.8) is 0 Å². The molecule has 0 bridgehead atoms. The Labute approximate surface area is 405 Å². The Bertz CT molecular complexity index is 3880. The maximum absolute atomic E-state index is 5.26. The number of hydrogen-bond donors (Lipinski definition) is 0. The maximum Gasteiger partial charge on any atom is 0.164 e. The zero-order valence-corrected chi connectivity index (χ0v) is 37.9. The summed E-state index contributed by atoms with van der Waals surface area (Å²) in [6, 6.07) is 87.3. The molecule has 0 aliphatic heterocycles. The summed E-state index contributed by atoms with van der Waals surface area (Å²) in [6.45, 7) is 0. The molecule has 0 fully saturated rings. The molecule has 0 aliphatic rings. The van der Waals surface area contributed by atoms with Crippen LogP contribution in [0.3, 0.4) is 0 Å². The predicted molar refractivity (Wildman–Crippen MR) is 289 cm³/mol. The molecule has 0 aliphatic carbocycles. The summed E-state index contributed by atoms with van der Waals surface area (Å²) in [5, 5.41) is 9.45. The van der Waals surface area contributed by atoms with E-state index in [0.717, 1.165) is 61.3 Å². The first-order chi connectivity index (χ1) is 34.7. The first-order valence-electron chi connectivity index (χ1n) is 23.6. The van der Waals surface area contributed by atoms with Gasteiger partial charge in [-0.15, -0.1) is 0 Å². The minimum atomic E-state index is 0.629. The van der Waals surface area contributed by atoms with E-state index in [-0.39, 0.29) is 0 Å². The molecule has 0 radical (unpaired) electrons. The van der Waals surface area contributed by atoms with Crippen LogP contribution in [0.2, 0.25) is 0 Å². The molecule has 0 saturated heterocycles. The Morgan fingerprint density at radius 3 is 0.971 bits per heavy atom. The third-order valence-corrected chi connectivity index (χ3v) is 13.3. The van der Waals surface area contributed by atoms with Crippen LogP contribution in [0.4, 0.5) is 0 Å². The fourth-order valence-electron chi connectivity index (χ4n) is 9.83. The number of aromatic nitrogens is 5. The molecule has 0 amide bonds. The molecule has 70 heavy (non-hydrogen) atoms. The van der Waals surface area contributed by atoms with Gasteiger partial charge in [-0.2, -0.15) is 0 Å². The van der Waals surface area contributed by atoms with Crippen molar-refractivity contribution < 1.29 is 0 Å². The third kappa shape index (κ3) is 7.52. The van der Waals surface area contributed by atoms with E-state index < -0.39 is 0 Å². The molecule has 0 spiro atoms. The van der Waals surface area contributed by atoms with Crippen LogP contribution < -0.4 is 0 Å². The molecule has 0 unspecified atom stereocenters. The highest BCUT2D eigenvalue weighted by Crippen LogP contribution is 2.44. The monoisotopic (exact) mass is 891 g/mol. The van der Waals surface area contributed by atoms with E-state index in [1.54, 1.807) is 0 Å². The second-order valence-electron chi connectivity index (χ2n) is 17.6. The number of rotatable bonds is 8. The molecule has 326 valence electrons. The van der Waals surface area contributed by atoms with E-state index in [2.05, 4.69) is 188 Å². The molecule has 5 nitrogen and oxygen atoms in total. The minimum absolute atomic E-state index is 0.629. The normalized spacial score (nSPS) is 11.4. The lowest BCUT2D eigenvalue weighted by Gasteiger charge is -2.18. The molecule has 2 heterocycles. The van der Waals surface area contributed by atoms with Gasteiger partial charge in [0.25, 0.3) is 0 Å². The summed E-state index contributed by atoms with van der Waals surface area (Å²) in [5.74, 6) is 2.60. The minimum Gasteiger partial charge on any atom is -0.228 e. The van der Waals surface area contributed by atoms with Crippen LogP contribution in [0.15, 0.2) is 249 Å². The fourth-order valence-corrected chi connectivity index (χ4v) is 9.83. The second kappa shape index (κ2) is 17.3. The fraction of sp³-hybridized carbons (Fsp3) is 0. The highest BCUT2D eigenvalue weighted by atomic mass is 15.0. The Balaban J connectivity index is 0.900. The van der Waals surface area contributed by atoms with E-state index in [1.807, 2.05) is 60.7 Å². The van der Waals surface area contributed by atoms with Crippen molar-refractivity contribution >= 4 is 43.1 Å². The van der Waals surface area contributed by atoms with Crippen LogP contribution in [0.5, 0.6) is 0 Å². The van der Waals surface area contributed by atoms with Gasteiger partial charge in [0.2, 0.25) is 0 Å². The van der Waals surface area contributed by atoms with Gasteiger partial charge in [0, 0.05) is 33.4 Å². The molecular formula is C65H41N5. The first kappa shape index (κ1) is 40.8. The van der Waals surface area contributed by atoms with Crippen molar-refractivity contribution in [2.75, 3.05) is 0 Å². The quantitative estimate of drug-likeness (QED) is 0.142. The zero-order valence-electron chi connectivity index (χ0n) is 37.9. The average Bonchev–Trinajstić information content (AvgIpc) is 3.44. The average molecular weight is 892 g/mol. The summed E-state index contributed by atoms with van der Waals surface area (Å²) in [4.78, 5) is 25.4. The molecule has 0 atom stereocenters. The molecular weight excluding hydrogens is 851 g/mol. The van der Waals surface area contributed by atoms with Crippen LogP contribution >= 0.6 is 0 Å². The zero-order chi connectivity index (χ0) is 46.4. The van der Waals surface area contributed by atoms with Gasteiger partial charge in [0.05, 0.1) is 11.4 Å². The summed E-state index contributed by atoms with van der Waals surface area (Å²) < 4.78 is 0. The second-order valence-corrected chi connectivity index (χ2v) is 17.6. The summed E-state index contributed by atoms with van der Waals surface area (Å²) in [6.07, 6.45) is 0. The molecule has 0 N–H and O–H groups in total. The molecule has 5 heteroatoms. The van der Waals surface area contributed by atoms with Crippen LogP contribution in [-0.4, -0.2) is 24.9 Å². The Morgan fingerprint density at radius 1 is 0.186 bits per heavy atom. The molecule has 13 aromatic rings. The SMILES string of the molecule is c1ccc(-c2nc(-c3ccccc3)nc(-c3ccc(-c4c5ccccc5c(-c5ccc(-c6cc(-c7ccc8ccccc8c7)nc(-c7ccc8ccccc8c7)n6)cc5)c5ccccc45)cc3)n2)cc1. The van der Waals surface area contributed by atoms with Gasteiger partial charge >= 0.3 is 0 Å². The van der Waals surface area contributed by atoms with Gasteiger partial charge in [-0.1, -0.05) is 231 Å². The van der Waals surface area contributed by atoms with Gasteiger partial charge in [0.15, 0.2) is 23.3 Å². The molecule has 13 rings (SSSR count). The lowest BCUT2D eigenvalue weighted by atomic mass is 9.85. The highest BCUT2D eigenvalue weighted by Gasteiger charge is 2.19. The highest BCUT2D eigenvalue weighted by molar-refractivity contribution is 6.21. The molecule has 11 aromatic carbocycles. The van der Waals surface area contributed by atoms with Crippen molar-refractivity contribution in [2.24, 2.45) is 0 Å². The number of fused-ring (bicyclic) bond motifs is 4. The van der Waals surface area contributed by atoms with Gasteiger partial charge in [-0.3, -0.25) is 0 Å². The van der Waals surface area contributed by atoms with E-state index in [4.69, 9.17) is 24.9 Å². The molecule has 2 aromatic heterocycles. The largest absolute Gasteiger partial charge is 0.228 e. The third-order valence-electron chi connectivity index (χ3n) is 13.3. The van der Waals surface area contributed by atoms with Gasteiger partial charge in [-0.25, -0.2) is 24.9 Å². The topological polar surface area (TPSA) is 64.5 Å². The maximum atomic E-state index is 5.26. The van der Waals surface area contributed by atoms with Crippen LogP contribution in [0, 0.1) is 0 Å². The van der Waals surface area contributed by atoms with Gasteiger partial charge in [-0.05, 0) is 83.5 Å². The van der Waals surface area contributed by atoms with Crippen molar-refractivity contribution in [2.45, 2.75) is 0 Å². The lowest BCUT2D eigenvalue weighted by molar-refractivity contribution is 1.07. The summed E-state index contributed by atoms with van der Waals surface area (Å²) >= 11 is 0. The van der Waals surface area contributed by atoms with E-state index in [9.17, 15) is 0 Å². The number of hydrogen-bond acceptors (Lipinski definition) is 5. The lowest BCUT2D eigenvalue weighted by Crippen LogP contribution is -2.00. The standard InChI is InChI=1S/C65H41N5/c1-3-17-47(18-4-1)62-68-63(48-19-5-2-6-20-48)70-64(69-62)49-35-33-46(34-36-49)61-56-25-13-11-23-54(56)60(55-24-12-14-26-57(55)61)45-31-29-44(30-32-45)58-41-59(52-37-27-42-15-7-9-21-50(42)39-52)67-65(66-58)53-38-28-43-16-8-10-22-51(43)40-53/h1-41H. The van der Waals surface area contributed by atoms with E-state index in [1.165, 1.54) is 48.8 Å². The van der Waals surface area contributed by atoms with Crippen LogP contribution in [-0.2, 0) is 0 Å². The smallest absolute Gasteiger partial charge is 0.164 e. The Hall–Kier alpha value is -9.45. The van der Waals surface area contributed by atoms with Crippen molar-refractivity contribution in [3.05, 3.63) is 249 Å². The van der Waals surface area contributed by atoms with Gasteiger partial charge < -0.3 is 0 Å². The van der Waals surface area contributed by atoms with Crippen LogP contribution in [0.25, 0.3) is 133 Å². The van der Waals surface area contributed by atoms with Gasteiger partial charge in [0.1, 0.15) is 0 Å². The summed E-state index contributed by atoms with van der Waals surface area (Å²) in [7, 11) is 0. The van der Waals surface area contributed by atoms with Crippen LogP contribution in [0.1, 0.15) is 0 Å². The Kier molecular flexibility index (Phi) is 10.1. The van der Waals surface area contributed by atoms with E-state index in [0.29, 0.717) is 23.3 Å². The number of nitrogens with zero attached hydrogens (tertiary/aromatic N) is 5.